The van der Waals surface area contributed by atoms with Gasteiger partial charge < -0.3 is 5.32 Å². The van der Waals surface area contributed by atoms with Crippen LogP contribution < -0.4 is 10.6 Å². The number of guanidine groups is 1. The molecule has 1 heterocycles. The second-order valence-corrected chi connectivity index (χ2v) is 6.49. The summed E-state index contributed by atoms with van der Waals surface area (Å²) in [6.07, 6.45) is 7.36. The number of aliphatic imine (C=N–C) groups is 1. The number of nitrogens with one attached hydrogen (secondary N) is 2. The molecular weight excluding hydrogens is 320 g/mol. The Kier molecular flexibility index (Phi) is 4.53. The lowest BCUT2D eigenvalue weighted by Gasteiger charge is -2.32. The number of hydrogen-bond acceptors (Lipinski definition) is 4. The molecule has 0 saturated heterocycles. The number of hydrogen-bond donors (Lipinski definition) is 2. The molecule has 4 nitrogen and oxygen atoms in total. The zero-order valence-electron chi connectivity index (χ0n) is 14.4. The highest BCUT2D eigenvalue weighted by molar-refractivity contribution is 5.86. The molecule has 0 aromatic heterocycles. The van der Waals surface area contributed by atoms with Crippen LogP contribution in [0.4, 0.5) is 0 Å². The molecule has 1 aliphatic heterocycles. The van der Waals surface area contributed by atoms with Crippen molar-refractivity contribution in [3.8, 4) is 6.19 Å². The van der Waals surface area contributed by atoms with Crippen molar-refractivity contribution in [1.29, 1.82) is 5.26 Å². The molecule has 0 fully saturated rings. The van der Waals surface area contributed by atoms with Crippen molar-refractivity contribution in [2.75, 3.05) is 0 Å². The normalized spacial score (nSPS) is 20.7. The van der Waals surface area contributed by atoms with Gasteiger partial charge in [-0.25, -0.2) is 4.99 Å². The summed E-state index contributed by atoms with van der Waals surface area (Å²) >= 11 is 0. The average molecular weight is 340 g/mol. The van der Waals surface area contributed by atoms with E-state index in [4.69, 9.17) is 10.3 Å². The van der Waals surface area contributed by atoms with Gasteiger partial charge in [0.2, 0.25) is 5.96 Å². The van der Waals surface area contributed by atoms with Crippen molar-refractivity contribution in [1.82, 2.24) is 10.6 Å². The lowest BCUT2D eigenvalue weighted by Crippen LogP contribution is -2.39. The first kappa shape index (κ1) is 16.2. The summed E-state index contributed by atoms with van der Waals surface area (Å²) in [4.78, 5) is 4.75. The fourth-order valence-corrected chi connectivity index (χ4v) is 3.64. The van der Waals surface area contributed by atoms with Crippen LogP contribution in [-0.4, -0.2) is 5.96 Å². The van der Waals surface area contributed by atoms with Gasteiger partial charge in [-0.1, -0.05) is 60.7 Å². The molecule has 4 heteroatoms. The van der Waals surface area contributed by atoms with Gasteiger partial charge in [-0.15, -0.1) is 0 Å². The predicted octanol–water partition coefficient (Wildman–Crippen LogP) is 4.28. The summed E-state index contributed by atoms with van der Waals surface area (Å²) in [5.41, 5.74) is 6.02. The highest BCUT2D eigenvalue weighted by atomic mass is 15.2. The molecule has 0 saturated carbocycles. The van der Waals surface area contributed by atoms with Crippen LogP contribution in [0, 0.1) is 11.5 Å². The second kappa shape index (κ2) is 7.28. The third kappa shape index (κ3) is 3.25. The summed E-state index contributed by atoms with van der Waals surface area (Å²) in [5, 5.41) is 15.1. The number of rotatable bonds is 2. The minimum Gasteiger partial charge on any atom is -0.325 e. The van der Waals surface area contributed by atoms with Crippen LogP contribution in [0.15, 0.2) is 82.5 Å². The minimum absolute atomic E-state index is 0.0530. The van der Waals surface area contributed by atoms with Crippen LogP contribution in [0.5, 0.6) is 0 Å². The van der Waals surface area contributed by atoms with E-state index in [0.717, 1.165) is 30.5 Å². The van der Waals surface area contributed by atoms with E-state index < -0.39 is 0 Å². The van der Waals surface area contributed by atoms with Crippen LogP contribution in [0.1, 0.15) is 36.4 Å². The topological polar surface area (TPSA) is 60.2 Å². The van der Waals surface area contributed by atoms with Gasteiger partial charge in [0.05, 0.1) is 0 Å². The van der Waals surface area contributed by atoms with Gasteiger partial charge in [0.25, 0.3) is 0 Å². The molecule has 0 radical (unpaired) electrons. The van der Waals surface area contributed by atoms with E-state index in [0.29, 0.717) is 5.96 Å². The van der Waals surface area contributed by atoms with Crippen LogP contribution >= 0.6 is 0 Å². The highest BCUT2D eigenvalue weighted by Gasteiger charge is 2.29. The first-order valence-corrected chi connectivity index (χ1v) is 8.89. The van der Waals surface area contributed by atoms with Crippen molar-refractivity contribution >= 4 is 12.0 Å². The van der Waals surface area contributed by atoms with E-state index >= 15 is 0 Å². The number of benzene rings is 2. The molecule has 0 spiro atoms. The summed E-state index contributed by atoms with van der Waals surface area (Å²) in [6.45, 7) is 0. The smallest absolute Gasteiger partial charge is 0.210 e. The first-order chi connectivity index (χ1) is 12.8. The molecule has 4 rings (SSSR count). The zero-order valence-corrected chi connectivity index (χ0v) is 14.4. The van der Waals surface area contributed by atoms with Crippen LogP contribution in [-0.2, 0) is 0 Å². The van der Waals surface area contributed by atoms with Gasteiger partial charge >= 0.3 is 0 Å². The largest absolute Gasteiger partial charge is 0.325 e. The molecule has 2 aliphatic rings. The van der Waals surface area contributed by atoms with Crippen molar-refractivity contribution < 1.29 is 0 Å². The summed E-state index contributed by atoms with van der Waals surface area (Å²) in [7, 11) is 0. The van der Waals surface area contributed by atoms with Gasteiger partial charge in [-0.05, 0) is 47.6 Å². The molecule has 2 N–H and O–H groups in total. The Morgan fingerprint density at radius 3 is 2.50 bits per heavy atom. The van der Waals surface area contributed by atoms with Crippen LogP contribution in [0.3, 0.4) is 0 Å². The SMILES string of the molecule is N#CNC1=N[C@H](c2ccccc2)C2=C(N1)C(=Cc1ccccc1)CCC2. The van der Waals surface area contributed by atoms with Crippen molar-refractivity contribution in [3.05, 3.63) is 88.6 Å². The van der Waals surface area contributed by atoms with Crippen molar-refractivity contribution in [3.63, 3.8) is 0 Å². The van der Waals surface area contributed by atoms with Gasteiger partial charge in [0, 0.05) is 5.70 Å². The number of nitrogens with zero attached hydrogens (tertiary/aromatic N) is 2. The lowest BCUT2D eigenvalue weighted by atomic mass is 9.84. The Bertz CT molecular complexity index is 918. The first-order valence-electron chi connectivity index (χ1n) is 8.89. The quantitative estimate of drug-likeness (QED) is 0.634. The minimum atomic E-state index is -0.0530. The summed E-state index contributed by atoms with van der Waals surface area (Å²) in [6, 6.07) is 20.6. The van der Waals surface area contributed by atoms with Crippen LogP contribution in [0.25, 0.3) is 6.08 Å². The molecular formula is C22H20N4. The molecule has 0 amide bonds. The van der Waals surface area contributed by atoms with Gasteiger partial charge in [-0.3, -0.25) is 5.32 Å². The maximum Gasteiger partial charge on any atom is 0.210 e. The fourth-order valence-electron chi connectivity index (χ4n) is 3.64. The van der Waals surface area contributed by atoms with E-state index in [9.17, 15) is 0 Å². The van der Waals surface area contributed by atoms with Crippen molar-refractivity contribution in [2.24, 2.45) is 4.99 Å². The lowest BCUT2D eigenvalue weighted by molar-refractivity contribution is 0.651. The van der Waals surface area contributed by atoms with E-state index in [2.05, 4.69) is 53.1 Å². The summed E-state index contributed by atoms with van der Waals surface area (Å²) < 4.78 is 0. The maximum atomic E-state index is 9.06. The Balaban J connectivity index is 1.78. The Morgan fingerprint density at radius 1 is 1.04 bits per heavy atom. The van der Waals surface area contributed by atoms with Crippen LogP contribution in [0.2, 0.25) is 0 Å². The molecule has 2 aromatic carbocycles. The molecule has 1 aliphatic carbocycles. The maximum absolute atomic E-state index is 9.06. The highest BCUT2D eigenvalue weighted by Crippen LogP contribution is 2.40. The van der Waals surface area contributed by atoms with Gasteiger partial charge in [0.1, 0.15) is 6.04 Å². The molecule has 2 aromatic rings. The third-order valence-corrected chi connectivity index (χ3v) is 4.80. The van der Waals surface area contributed by atoms with Gasteiger partial charge in [0.15, 0.2) is 6.19 Å². The number of nitriles is 1. The average Bonchev–Trinajstić information content (AvgIpc) is 2.70. The standard InChI is InChI=1S/C22H20N4/c23-15-24-22-25-20(17-10-5-2-6-11-17)19-13-7-12-18(21(19)26-22)14-16-8-3-1-4-9-16/h1-6,8-11,14,20H,7,12-13H2,(H2,24,25,26)/t20-/m1/s1. The summed E-state index contributed by atoms with van der Waals surface area (Å²) in [5.74, 6) is 0.515. The van der Waals surface area contributed by atoms with Crippen molar-refractivity contribution in [2.45, 2.75) is 25.3 Å². The zero-order chi connectivity index (χ0) is 17.8. The predicted molar refractivity (Wildman–Crippen MR) is 104 cm³/mol. The van der Waals surface area contributed by atoms with Gasteiger partial charge in [-0.2, -0.15) is 5.26 Å². The molecule has 128 valence electrons. The third-order valence-electron chi connectivity index (χ3n) is 4.80. The molecule has 0 bridgehead atoms. The Morgan fingerprint density at radius 2 is 1.77 bits per heavy atom. The van der Waals surface area contributed by atoms with E-state index in [-0.39, 0.29) is 6.04 Å². The molecule has 0 unspecified atom stereocenters. The number of allylic oxidation sites excluding steroid dienone is 1. The fraction of sp³-hybridized carbons (Fsp3) is 0.182. The molecule has 1 atom stereocenters. The Labute approximate surface area is 153 Å². The van der Waals surface area contributed by atoms with E-state index in [1.165, 1.54) is 16.7 Å². The van der Waals surface area contributed by atoms with E-state index in [1.807, 2.05) is 30.5 Å². The second-order valence-electron chi connectivity index (χ2n) is 6.49. The monoisotopic (exact) mass is 340 g/mol. The van der Waals surface area contributed by atoms with E-state index in [1.54, 1.807) is 0 Å². The Hall–Kier alpha value is -3.32. The molecule has 26 heavy (non-hydrogen) atoms.